The highest BCUT2D eigenvalue weighted by Crippen LogP contribution is 2.31. The molecule has 1 aliphatic heterocycles. The van der Waals surface area contributed by atoms with Crippen LogP contribution in [-0.4, -0.2) is 57.2 Å². The van der Waals surface area contributed by atoms with Crippen molar-refractivity contribution >= 4 is 0 Å². The van der Waals surface area contributed by atoms with Crippen LogP contribution < -0.4 is 5.73 Å². The molecular formula is C22H45NO5. The second-order valence-electron chi connectivity index (χ2n) is 8.54. The quantitative estimate of drug-likeness (QED) is 0.253. The third-order valence-electron chi connectivity index (χ3n) is 6.04. The van der Waals surface area contributed by atoms with Crippen LogP contribution in [0.5, 0.6) is 0 Å². The molecule has 1 rings (SSSR count). The van der Waals surface area contributed by atoms with Gasteiger partial charge in [0.2, 0.25) is 0 Å². The predicted octanol–water partition coefficient (Wildman–Crippen LogP) is 2.99. The summed E-state index contributed by atoms with van der Waals surface area (Å²) < 4.78 is 5.40. The third kappa shape index (κ3) is 9.06. The molecule has 5 atom stereocenters. The lowest BCUT2D eigenvalue weighted by atomic mass is 9.88. The second kappa shape index (κ2) is 14.7. The average Bonchev–Trinajstić information content (AvgIpc) is 2.69. The zero-order valence-electron chi connectivity index (χ0n) is 17.9. The van der Waals surface area contributed by atoms with Gasteiger partial charge in [-0.05, 0) is 6.42 Å². The maximum absolute atomic E-state index is 10.6. The van der Waals surface area contributed by atoms with Crippen LogP contribution in [0.25, 0.3) is 0 Å². The fourth-order valence-electron chi connectivity index (χ4n) is 4.05. The van der Waals surface area contributed by atoms with Crippen LogP contribution in [-0.2, 0) is 4.74 Å². The van der Waals surface area contributed by atoms with Crippen molar-refractivity contribution in [2.75, 3.05) is 6.61 Å². The van der Waals surface area contributed by atoms with Crippen LogP contribution in [0, 0.1) is 0 Å². The molecule has 0 aromatic rings. The molecule has 1 saturated heterocycles. The van der Waals surface area contributed by atoms with E-state index in [4.69, 9.17) is 10.5 Å². The summed E-state index contributed by atoms with van der Waals surface area (Å²) in [6.45, 7) is 1.79. The molecule has 0 radical (unpaired) electrons. The Morgan fingerprint density at radius 1 is 0.750 bits per heavy atom. The van der Waals surface area contributed by atoms with Crippen LogP contribution in [0.4, 0.5) is 0 Å². The van der Waals surface area contributed by atoms with Gasteiger partial charge in [-0.15, -0.1) is 0 Å². The number of ether oxygens (including phenoxy) is 1. The standard InChI is InChI=1S/C22H45NO5/c1-2-3-4-5-6-7-8-9-10-11-12-13-14-15-16-22(27)21(23)20(26)19(25)18(17-24)28-22/h18-21,24-27H,2-17,23H2,1H3/t18-,19-,20+,21+,22?/m1/s1. The molecule has 1 heterocycles. The Balaban J connectivity index is 2.02. The highest BCUT2D eigenvalue weighted by molar-refractivity contribution is 4.98. The van der Waals surface area contributed by atoms with Crippen LogP contribution in [0.2, 0.25) is 0 Å². The van der Waals surface area contributed by atoms with E-state index in [1.807, 2.05) is 0 Å². The number of hydrogen-bond donors (Lipinski definition) is 5. The lowest BCUT2D eigenvalue weighted by Gasteiger charge is -2.46. The van der Waals surface area contributed by atoms with Crippen LogP contribution in [0.1, 0.15) is 103 Å². The first kappa shape index (κ1) is 25.8. The molecular weight excluding hydrogens is 358 g/mol. The van der Waals surface area contributed by atoms with E-state index in [2.05, 4.69) is 6.92 Å². The van der Waals surface area contributed by atoms with E-state index in [0.29, 0.717) is 6.42 Å². The Kier molecular flexibility index (Phi) is 13.5. The Morgan fingerprint density at radius 3 is 1.61 bits per heavy atom. The molecule has 28 heavy (non-hydrogen) atoms. The summed E-state index contributed by atoms with van der Waals surface area (Å²) in [6.07, 6.45) is 14.2. The summed E-state index contributed by atoms with van der Waals surface area (Å²) >= 11 is 0. The minimum absolute atomic E-state index is 0.298. The monoisotopic (exact) mass is 403 g/mol. The Labute approximate surface area is 171 Å². The van der Waals surface area contributed by atoms with E-state index in [1.165, 1.54) is 70.6 Å². The predicted molar refractivity (Wildman–Crippen MR) is 112 cm³/mol. The normalized spacial score (nSPS) is 30.6. The maximum Gasteiger partial charge on any atom is 0.184 e. The van der Waals surface area contributed by atoms with Crippen molar-refractivity contribution in [3.05, 3.63) is 0 Å². The maximum atomic E-state index is 10.6. The number of aliphatic hydroxyl groups excluding tert-OH is 3. The van der Waals surface area contributed by atoms with Crippen LogP contribution in [0.15, 0.2) is 0 Å². The van der Waals surface area contributed by atoms with Gasteiger partial charge in [0.25, 0.3) is 0 Å². The molecule has 0 aromatic carbocycles. The van der Waals surface area contributed by atoms with Crippen molar-refractivity contribution < 1.29 is 25.2 Å². The summed E-state index contributed by atoms with van der Waals surface area (Å²) in [4.78, 5) is 0. The molecule has 0 bridgehead atoms. The largest absolute Gasteiger partial charge is 0.394 e. The molecule has 1 aliphatic rings. The minimum atomic E-state index is -1.69. The molecule has 0 saturated carbocycles. The van der Waals surface area contributed by atoms with Crippen LogP contribution >= 0.6 is 0 Å². The highest BCUT2D eigenvalue weighted by atomic mass is 16.6. The number of nitrogens with two attached hydrogens (primary N) is 1. The van der Waals surface area contributed by atoms with Gasteiger partial charge in [-0.2, -0.15) is 0 Å². The van der Waals surface area contributed by atoms with Gasteiger partial charge < -0.3 is 30.9 Å². The molecule has 1 fully saturated rings. The number of unbranched alkanes of at least 4 members (excludes halogenated alkanes) is 13. The molecule has 0 aliphatic carbocycles. The molecule has 0 amide bonds. The fraction of sp³-hybridized carbons (Fsp3) is 1.00. The van der Waals surface area contributed by atoms with Gasteiger partial charge in [-0.25, -0.2) is 0 Å². The molecule has 168 valence electrons. The molecule has 6 nitrogen and oxygen atoms in total. The SMILES string of the molecule is CCCCCCCCCCCCCCCCC1(O)O[C@H](CO)[C@@H](O)[C@H](O)[C@@H]1N. The van der Waals surface area contributed by atoms with Gasteiger partial charge in [-0.1, -0.05) is 90.4 Å². The van der Waals surface area contributed by atoms with Crippen molar-refractivity contribution in [1.29, 1.82) is 0 Å². The van der Waals surface area contributed by atoms with Crippen molar-refractivity contribution in [3.8, 4) is 0 Å². The molecule has 0 aromatic heterocycles. The van der Waals surface area contributed by atoms with Crippen molar-refractivity contribution in [3.63, 3.8) is 0 Å². The lowest BCUT2D eigenvalue weighted by Crippen LogP contribution is -2.68. The summed E-state index contributed by atoms with van der Waals surface area (Å²) in [5.74, 6) is -1.69. The minimum Gasteiger partial charge on any atom is -0.394 e. The van der Waals surface area contributed by atoms with E-state index in [0.717, 1.165) is 19.3 Å². The summed E-state index contributed by atoms with van der Waals surface area (Å²) in [5.41, 5.74) is 5.85. The van der Waals surface area contributed by atoms with E-state index < -0.39 is 36.7 Å². The molecule has 6 N–H and O–H groups in total. The van der Waals surface area contributed by atoms with Gasteiger partial charge in [0.05, 0.1) is 12.6 Å². The van der Waals surface area contributed by atoms with E-state index >= 15 is 0 Å². The topological polar surface area (TPSA) is 116 Å². The highest BCUT2D eigenvalue weighted by Gasteiger charge is 2.50. The Hall–Kier alpha value is -0.240. The summed E-state index contributed by atoms with van der Waals surface area (Å²) in [7, 11) is 0. The second-order valence-corrected chi connectivity index (χ2v) is 8.54. The third-order valence-corrected chi connectivity index (χ3v) is 6.04. The van der Waals surface area contributed by atoms with E-state index in [-0.39, 0.29) is 0 Å². The zero-order valence-corrected chi connectivity index (χ0v) is 17.9. The lowest BCUT2D eigenvalue weighted by molar-refractivity contribution is -0.316. The summed E-state index contributed by atoms with van der Waals surface area (Å²) in [6, 6.07) is -1.08. The average molecular weight is 404 g/mol. The van der Waals surface area contributed by atoms with Crippen molar-refractivity contribution in [2.45, 2.75) is 133 Å². The van der Waals surface area contributed by atoms with Crippen LogP contribution in [0.3, 0.4) is 0 Å². The summed E-state index contributed by atoms with van der Waals surface area (Å²) in [5, 5.41) is 39.6. The number of aliphatic hydroxyl groups is 4. The van der Waals surface area contributed by atoms with Gasteiger partial charge in [-0.3, -0.25) is 0 Å². The number of hydrogen-bond acceptors (Lipinski definition) is 6. The molecule has 6 heteroatoms. The van der Waals surface area contributed by atoms with Crippen molar-refractivity contribution in [2.24, 2.45) is 5.73 Å². The first-order valence-electron chi connectivity index (χ1n) is 11.6. The van der Waals surface area contributed by atoms with Crippen molar-refractivity contribution in [1.82, 2.24) is 0 Å². The molecule has 0 spiro atoms. The number of rotatable bonds is 16. The van der Waals surface area contributed by atoms with Gasteiger partial charge >= 0.3 is 0 Å². The Bertz CT molecular complexity index is 382. The zero-order chi connectivity index (χ0) is 20.8. The van der Waals surface area contributed by atoms with E-state index in [9.17, 15) is 20.4 Å². The molecule has 1 unspecified atom stereocenters. The first-order chi connectivity index (χ1) is 13.5. The van der Waals surface area contributed by atoms with Gasteiger partial charge in [0, 0.05) is 6.42 Å². The Morgan fingerprint density at radius 2 is 1.18 bits per heavy atom. The van der Waals surface area contributed by atoms with Gasteiger partial charge in [0.1, 0.15) is 18.3 Å². The van der Waals surface area contributed by atoms with Gasteiger partial charge in [0.15, 0.2) is 5.79 Å². The smallest absolute Gasteiger partial charge is 0.184 e. The fourth-order valence-corrected chi connectivity index (χ4v) is 4.05. The first-order valence-corrected chi connectivity index (χ1v) is 11.6. The van der Waals surface area contributed by atoms with E-state index in [1.54, 1.807) is 0 Å².